The third kappa shape index (κ3) is 4.69. The summed E-state index contributed by atoms with van der Waals surface area (Å²) in [6, 6.07) is 9.79. The maximum Gasteiger partial charge on any atom is 0.259 e. The van der Waals surface area contributed by atoms with E-state index in [4.69, 9.17) is 0 Å². The monoisotopic (exact) mass is 461 g/mol. The number of pyridine rings is 1. The largest absolute Gasteiger partial charge is 0.384 e. The van der Waals surface area contributed by atoms with Crippen LogP contribution in [-0.2, 0) is 5.60 Å². The average Bonchev–Trinajstić information content (AvgIpc) is 3.06. The van der Waals surface area contributed by atoms with Crippen molar-refractivity contribution < 1.29 is 19.5 Å². The van der Waals surface area contributed by atoms with Crippen LogP contribution < -0.4 is 21.3 Å². The molecule has 0 atom stereocenters. The molecular weight excluding hydrogens is 438 g/mol. The van der Waals surface area contributed by atoms with Gasteiger partial charge < -0.3 is 21.1 Å². The highest BCUT2D eigenvalue weighted by molar-refractivity contribution is 6.21. The molecule has 4 rings (SSSR count). The first kappa shape index (κ1) is 22.8. The van der Waals surface area contributed by atoms with Gasteiger partial charge in [0, 0.05) is 18.4 Å². The van der Waals surface area contributed by atoms with Gasteiger partial charge >= 0.3 is 0 Å². The van der Waals surface area contributed by atoms with E-state index in [-0.39, 0.29) is 28.8 Å². The molecular formula is C23H23N7O4. The van der Waals surface area contributed by atoms with Gasteiger partial charge in [0.15, 0.2) is 0 Å². The molecule has 3 amide bonds. The number of imide groups is 1. The van der Waals surface area contributed by atoms with Crippen LogP contribution in [0.3, 0.4) is 0 Å². The minimum absolute atomic E-state index is 0.152. The molecule has 0 saturated heterocycles. The van der Waals surface area contributed by atoms with E-state index in [9.17, 15) is 19.5 Å². The number of amides is 3. The first-order valence-electron chi connectivity index (χ1n) is 10.5. The van der Waals surface area contributed by atoms with Crippen LogP contribution in [0.25, 0.3) is 0 Å². The van der Waals surface area contributed by atoms with Gasteiger partial charge in [-0.15, -0.1) is 0 Å². The molecule has 0 aliphatic carbocycles. The van der Waals surface area contributed by atoms with Crippen LogP contribution in [0.5, 0.6) is 0 Å². The van der Waals surface area contributed by atoms with Crippen molar-refractivity contribution in [3.63, 3.8) is 0 Å². The topological polar surface area (TPSA) is 158 Å². The zero-order valence-corrected chi connectivity index (χ0v) is 18.8. The van der Waals surface area contributed by atoms with Crippen LogP contribution >= 0.6 is 0 Å². The van der Waals surface area contributed by atoms with Gasteiger partial charge in [-0.25, -0.2) is 9.97 Å². The molecule has 0 bridgehead atoms. The number of aliphatic hydroxyl groups is 1. The van der Waals surface area contributed by atoms with Gasteiger partial charge in [0.25, 0.3) is 17.7 Å². The van der Waals surface area contributed by atoms with Crippen LogP contribution in [0.15, 0.2) is 42.6 Å². The van der Waals surface area contributed by atoms with E-state index in [1.54, 1.807) is 45.0 Å². The molecule has 1 aliphatic rings. The van der Waals surface area contributed by atoms with Crippen molar-refractivity contribution in [3.05, 3.63) is 65.0 Å². The van der Waals surface area contributed by atoms with E-state index in [0.717, 1.165) is 0 Å². The summed E-state index contributed by atoms with van der Waals surface area (Å²) in [6.45, 7) is 5.46. The first-order valence-corrected chi connectivity index (χ1v) is 10.5. The highest BCUT2D eigenvalue weighted by atomic mass is 16.3. The maximum atomic E-state index is 12.6. The van der Waals surface area contributed by atoms with Crippen LogP contribution in [0, 0.1) is 0 Å². The Balaban J connectivity index is 1.67. The Morgan fingerprint density at radius 1 is 1.06 bits per heavy atom. The number of carbonyl (C=O) groups is 3. The Morgan fingerprint density at radius 2 is 1.82 bits per heavy atom. The summed E-state index contributed by atoms with van der Waals surface area (Å²) in [4.78, 5) is 49.3. The molecule has 0 fully saturated rings. The fourth-order valence-corrected chi connectivity index (χ4v) is 3.30. The number of benzene rings is 1. The number of aromatic nitrogens is 3. The molecule has 2 aromatic heterocycles. The predicted molar refractivity (Wildman–Crippen MR) is 124 cm³/mol. The average molecular weight is 461 g/mol. The summed E-state index contributed by atoms with van der Waals surface area (Å²) >= 11 is 0. The molecule has 3 heterocycles. The number of hydrogen-bond acceptors (Lipinski definition) is 9. The third-order valence-corrected chi connectivity index (χ3v) is 4.99. The van der Waals surface area contributed by atoms with Crippen molar-refractivity contribution >= 4 is 41.0 Å². The van der Waals surface area contributed by atoms with Crippen molar-refractivity contribution in [2.75, 3.05) is 17.2 Å². The minimum atomic E-state index is -1.15. The summed E-state index contributed by atoms with van der Waals surface area (Å²) in [5.41, 5.74) is 0.516. The molecule has 0 saturated carbocycles. The van der Waals surface area contributed by atoms with Gasteiger partial charge in [-0.3, -0.25) is 19.7 Å². The van der Waals surface area contributed by atoms with Crippen molar-refractivity contribution in [2.45, 2.75) is 26.4 Å². The maximum absolute atomic E-state index is 12.6. The Morgan fingerprint density at radius 3 is 2.56 bits per heavy atom. The predicted octanol–water partition coefficient (Wildman–Crippen LogP) is 2.22. The zero-order chi connectivity index (χ0) is 24.5. The van der Waals surface area contributed by atoms with Gasteiger partial charge in [-0.1, -0.05) is 6.07 Å². The summed E-state index contributed by atoms with van der Waals surface area (Å²) in [6.07, 6.45) is 1.37. The molecule has 11 nitrogen and oxygen atoms in total. The second-order valence-corrected chi connectivity index (χ2v) is 8.08. The number of anilines is 4. The number of rotatable bonds is 7. The summed E-state index contributed by atoms with van der Waals surface area (Å²) < 4.78 is 0. The Labute approximate surface area is 195 Å². The van der Waals surface area contributed by atoms with Crippen molar-refractivity contribution in [2.24, 2.45) is 0 Å². The zero-order valence-electron chi connectivity index (χ0n) is 18.8. The lowest BCUT2D eigenvalue weighted by atomic mass is 10.1. The summed E-state index contributed by atoms with van der Waals surface area (Å²) in [7, 11) is 0. The van der Waals surface area contributed by atoms with Crippen LogP contribution in [0.2, 0.25) is 0 Å². The lowest BCUT2D eigenvalue weighted by molar-refractivity contribution is 0.0739. The molecule has 3 aromatic rings. The minimum Gasteiger partial charge on any atom is -0.384 e. The van der Waals surface area contributed by atoms with E-state index in [1.165, 1.54) is 18.3 Å². The number of hydrogen-bond donors (Lipinski definition) is 5. The number of fused-ring (bicyclic) bond motifs is 1. The van der Waals surface area contributed by atoms with Gasteiger partial charge in [-0.05, 0) is 51.1 Å². The lowest BCUT2D eigenvalue weighted by Crippen LogP contribution is -2.24. The Hall–Kier alpha value is -4.38. The molecule has 1 aliphatic heterocycles. The molecule has 5 N–H and O–H groups in total. The highest BCUT2D eigenvalue weighted by Gasteiger charge is 2.27. The standard InChI is InChI=1S/C23H23N7O4/c1-4-24-19(31)15-11-25-22(26-12-8-9-13-14(10-12)21(33)30-20(13)32)29-18(15)28-17-7-5-6-16(27-17)23(2,3)34/h5-11,34H,4H2,1-3H3,(H,24,31)(H,30,32,33)(H2,25,26,27,28,29). The van der Waals surface area contributed by atoms with E-state index < -0.39 is 17.4 Å². The second-order valence-electron chi connectivity index (χ2n) is 8.08. The molecule has 11 heteroatoms. The lowest BCUT2D eigenvalue weighted by Gasteiger charge is -2.18. The molecule has 174 valence electrons. The van der Waals surface area contributed by atoms with Crippen molar-refractivity contribution in [1.29, 1.82) is 0 Å². The van der Waals surface area contributed by atoms with Crippen LogP contribution in [0.1, 0.15) is 57.5 Å². The fraction of sp³-hybridized carbons (Fsp3) is 0.217. The summed E-state index contributed by atoms with van der Waals surface area (Å²) in [5, 5.41) is 21.2. The molecule has 0 unspecified atom stereocenters. The Kier molecular flexibility index (Phi) is 5.95. The first-order chi connectivity index (χ1) is 16.2. The van der Waals surface area contributed by atoms with Gasteiger partial charge in [0.05, 0.1) is 16.8 Å². The van der Waals surface area contributed by atoms with E-state index >= 15 is 0 Å². The normalized spacial score (nSPS) is 12.7. The highest BCUT2D eigenvalue weighted by Crippen LogP contribution is 2.25. The van der Waals surface area contributed by atoms with Crippen LogP contribution in [-0.4, -0.2) is 44.3 Å². The number of nitrogens with one attached hydrogen (secondary N) is 4. The SMILES string of the molecule is CCNC(=O)c1cnc(Nc2ccc3c(c2)C(=O)NC3=O)nc1Nc1cccc(C(C)(C)O)n1. The van der Waals surface area contributed by atoms with Gasteiger partial charge in [-0.2, -0.15) is 4.98 Å². The molecule has 1 aromatic carbocycles. The fourth-order valence-electron chi connectivity index (χ4n) is 3.30. The van der Waals surface area contributed by atoms with Crippen molar-refractivity contribution in [3.8, 4) is 0 Å². The Bertz CT molecular complexity index is 1300. The van der Waals surface area contributed by atoms with Gasteiger partial charge in [0.1, 0.15) is 22.8 Å². The number of nitrogens with zero attached hydrogens (tertiary/aromatic N) is 3. The second kappa shape index (κ2) is 8.87. The van der Waals surface area contributed by atoms with E-state index in [2.05, 4.69) is 36.2 Å². The van der Waals surface area contributed by atoms with Crippen molar-refractivity contribution in [1.82, 2.24) is 25.6 Å². The van der Waals surface area contributed by atoms with Crippen LogP contribution in [0.4, 0.5) is 23.3 Å². The number of carbonyl (C=O) groups excluding carboxylic acids is 3. The van der Waals surface area contributed by atoms with E-state index in [0.29, 0.717) is 29.3 Å². The summed E-state index contributed by atoms with van der Waals surface area (Å²) in [5.74, 6) is -0.570. The molecule has 0 spiro atoms. The van der Waals surface area contributed by atoms with Gasteiger partial charge in [0.2, 0.25) is 5.95 Å². The molecule has 34 heavy (non-hydrogen) atoms. The van der Waals surface area contributed by atoms with E-state index in [1.807, 2.05) is 0 Å². The third-order valence-electron chi connectivity index (χ3n) is 4.99. The smallest absolute Gasteiger partial charge is 0.259 e. The quantitative estimate of drug-likeness (QED) is 0.333. The molecule has 0 radical (unpaired) electrons.